The number of epoxide rings is 1. The van der Waals surface area contributed by atoms with Crippen LogP contribution in [0.4, 0.5) is 0 Å². The predicted molar refractivity (Wildman–Crippen MR) is 104 cm³/mol. The van der Waals surface area contributed by atoms with E-state index >= 15 is 0 Å². The maximum absolute atomic E-state index is 6.38. The van der Waals surface area contributed by atoms with E-state index in [1.807, 2.05) is 0 Å². The highest BCUT2D eigenvalue weighted by Crippen LogP contribution is 2.60. The van der Waals surface area contributed by atoms with Crippen molar-refractivity contribution >= 4 is 21.5 Å². The third-order valence-electron chi connectivity index (χ3n) is 5.56. The maximum Gasteiger partial charge on any atom is 0.148 e. The normalized spacial score (nSPS) is 21.5. The van der Waals surface area contributed by atoms with Gasteiger partial charge in [0.15, 0.2) is 0 Å². The zero-order valence-corrected chi connectivity index (χ0v) is 14.5. The van der Waals surface area contributed by atoms with E-state index in [0.717, 1.165) is 0 Å². The number of rotatable bonds is 2. The van der Waals surface area contributed by atoms with Gasteiger partial charge in [0.1, 0.15) is 11.2 Å². The molecule has 0 spiro atoms. The van der Waals surface area contributed by atoms with Crippen LogP contribution in [-0.4, -0.2) is 5.60 Å². The molecule has 0 saturated carbocycles. The SMILES string of the molecule is CC1(C)OC1(c1ccccc1)c1cccc2c1ccc1ccccc12. The Morgan fingerprint density at radius 1 is 0.600 bits per heavy atom. The topological polar surface area (TPSA) is 12.5 Å². The van der Waals surface area contributed by atoms with E-state index in [1.165, 1.54) is 32.7 Å². The molecule has 1 heterocycles. The molecule has 1 unspecified atom stereocenters. The van der Waals surface area contributed by atoms with Gasteiger partial charge in [-0.15, -0.1) is 0 Å². The standard InChI is InChI=1S/C24H20O/c1-23(2)24(25-23,18-10-4-3-5-11-18)22-14-8-13-20-19-12-7-6-9-17(19)15-16-21(20)22/h3-16H,1-2H3. The number of hydrogen-bond acceptors (Lipinski definition) is 1. The van der Waals surface area contributed by atoms with Gasteiger partial charge in [-0.05, 0) is 46.5 Å². The Labute approximate surface area is 147 Å². The molecule has 1 saturated heterocycles. The molecule has 4 aromatic rings. The van der Waals surface area contributed by atoms with Crippen molar-refractivity contribution < 1.29 is 4.74 Å². The van der Waals surface area contributed by atoms with E-state index in [4.69, 9.17) is 4.74 Å². The smallest absolute Gasteiger partial charge is 0.148 e. The summed E-state index contributed by atoms with van der Waals surface area (Å²) in [5, 5.41) is 5.13. The summed E-state index contributed by atoms with van der Waals surface area (Å²) in [6, 6.07) is 30.2. The lowest BCUT2D eigenvalue weighted by Gasteiger charge is -2.19. The summed E-state index contributed by atoms with van der Waals surface area (Å²) in [7, 11) is 0. The van der Waals surface area contributed by atoms with Crippen LogP contribution in [0.15, 0.2) is 84.9 Å². The van der Waals surface area contributed by atoms with Crippen LogP contribution in [0, 0.1) is 0 Å². The molecule has 0 bridgehead atoms. The Morgan fingerprint density at radius 3 is 2.04 bits per heavy atom. The van der Waals surface area contributed by atoms with Crippen molar-refractivity contribution in [3.8, 4) is 0 Å². The van der Waals surface area contributed by atoms with Gasteiger partial charge in [-0.3, -0.25) is 0 Å². The van der Waals surface area contributed by atoms with Crippen molar-refractivity contribution in [1.82, 2.24) is 0 Å². The largest absolute Gasteiger partial charge is 0.353 e. The summed E-state index contributed by atoms with van der Waals surface area (Å²) in [6.07, 6.45) is 0. The Bertz CT molecular complexity index is 1090. The average Bonchev–Trinajstić information content (AvgIpc) is 3.25. The minimum absolute atomic E-state index is 0.214. The maximum atomic E-state index is 6.38. The van der Waals surface area contributed by atoms with Crippen molar-refractivity contribution in [2.75, 3.05) is 0 Å². The van der Waals surface area contributed by atoms with Crippen LogP contribution in [0.3, 0.4) is 0 Å². The third kappa shape index (κ3) is 1.93. The van der Waals surface area contributed by atoms with Gasteiger partial charge in [0.05, 0.1) is 0 Å². The summed E-state index contributed by atoms with van der Waals surface area (Å²) >= 11 is 0. The molecule has 1 aliphatic rings. The minimum Gasteiger partial charge on any atom is -0.353 e. The summed E-state index contributed by atoms with van der Waals surface area (Å²) in [4.78, 5) is 0. The first-order valence-corrected chi connectivity index (χ1v) is 8.80. The van der Waals surface area contributed by atoms with Gasteiger partial charge < -0.3 is 4.74 Å². The molecule has 1 aliphatic heterocycles. The second-order valence-electron chi connectivity index (χ2n) is 7.35. The van der Waals surface area contributed by atoms with E-state index in [1.54, 1.807) is 0 Å². The fourth-order valence-electron chi connectivity index (χ4n) is 4.32. The molecule has 122 valence electrons. The first-order valence-electron chi connectivity index (χ1n) is 8.80. The highest BCUT2D eigenvalue weighted by molar-refractivity contribution is 6.08. The summed E-state index contributed by atoms with van der Waals surface area (Å²) < 4.78 is 6.38. The number of fused-ring (bicyclic) bond motifs is 3. The highest BCUT2D eigenvalue weighted by Gasteiger charge is 2.66. The molecule has 1 fully saturated rings. The summed E-state index contributed by atoms with van der Waals surface area (Å²) in [5.74, 6) is 0. The molecular weight excluding hydrogens is 304 g/mol. The lowest BCUT2D eigenvalue weighted by molar-refractivity contribution is 0.298. The highest BCUT2D eigenvalue weighted by atomic mass is 16.6. The molecule has 0 radical (unpaired) electrons. The van der Waals surface area contributed by atoms with Gasteiger partial charge >= 0.3 is 0 Å². The third-order valence-corrected chi connectivity index (χ3v) is 5.56. The van der Waals surface area contributed by atoms with Gasteiger partial charge in [-0.25, -0.2) is 0 Å². The lowest BCUT2D eigenvalue weighted by atomic mass is 9.80. The monoisotopic (exact) mass is 324 g/mol. The van der Waals surface area contributed by atoms with Crippen molar-refractivity contribution in [3.05, 3.63) is 96.1 Å². The molecular formula is C24H20O. The van der Waals surface area contributed by atoms with E-state index in [0.29, 0.717) is 0 Å². The Kier molecular flexibility index (Phi) is 2.90. The Hall–Kier alpha value is -2.64. The Balaban J connectivity index is 1.85. The Morgan fingerprint density at radius 2 is 1.28 bits per heavy atom. The average molecular weight is 324 g/mol. The predicted octanol–water partition coefficient (Wildman–Crippen LogP) is 6.05. The van der Waals surface area contributed by atoms with Gasteiger partial charge in [0.25, 0.3) is 0 Å². The van der Waals surface area contributed by atoms with E-state index in [2.05, 4.69) is 98.8 Å². The van der Waals surface area contributed by atoms with Crippen LogP contribution >= 0.6 is 0 Å². The van der Waals surface area contributed by atoms with E-state index < -0.39 is 0 Å². The van der Waals surface area contributed by atoms with Crippen molar-refractivity contribution in [2.24, 2.45) is 0 Å². The van der Waals surface area contributed by atoms with Crippen LogP contribution in [0.5, 0.6) is 0 Å². The van der Waals surface area contributed by atoms with Gasteiger partial charge in [-0.2, -0.15) is 0 Å². The lowest BCUT2D eigenvalue weighted by Crippen LogP contribution is -2.20. The van der Waals surface area contributed by atoms with Crippen LogP contribution in [0.25, 0.3) is 21.5 Å². The molecule has 0 N–H and O–H groups in total. The summed E-state index contributed by atoms with van der Waals surface area (Å²) in [6.45, 7) is 4.36. The van der Waals surface area contributed by atoms with Crippen molar-refractivity contribution in [1.29, 1.82) is 0 Å². The van der Waals surface area contributed by atoms with E-state index in [9.17, 15) is 0 Å². The number of benzene rings is 4. The van der Waals surface area contributed by atoms with Crippen molar-refractivity contribution in [2.45, 2.75) is 25.0 Å². The van der Waals surface area contributed by atoms with Crippen molar-refractivity contribution in [3.63, 3.8) is 0 Å². The molecule has 0 amide bonds. The number of ether oxygens (including phenoxy) is 1. The second-order valence-corrected chi connectivity index (χ2v) is 7.35. The zero-order chi connectivity index (χ0) is 17.1. The van der Waals surface area contributed by atoms with Crippen LogP contribution < -0.4 is 0 Å². The molecule has 4 aromatic carbocycles. The van der Waals surface area contributed by atoms with Gasteiger partial charge in [0, 0.05) is 0 Å². The van der Waals surface area contributed by atoms with Crippen LogP contribution in [0.1, 0.15) is 25.0 Å². The van der Waals surface area contributed by atoms with E-state index in [-0.39, 0.29) is 11.2 Å². The van der Waals surface area contributed by atoms with Crippen LogP contribution in [-0.2, 0) is 10.3 Å². The molecule has 1 atom stereocenters. The fraction of sp³-hybridized carbons (Fsp3) is 0.167. The molecule has 0 aliphatic carbocycles. The molecule has 5 rings (SSSR count). The van der Waals surface area contributed by atoms with Crippen LogP contribution in [0.2, 0.25) is 0 Å². The first-order chi connectivity index (χ1) is 12.1. The van der Waals surface area contributed by atoms with Gasteiger partial charge in [-0.1, -0.05) is 84.9 Å². The quantitative estimate of drug-likeness (QED) is 0.323. The first kappa shape index (κ1) is 14.7. The number of hydrogen-bond donors (Lipinski definition) is 0. The zero-order valence-electron chi connectivity index (χ0n) is 14.5. The van der Waals surface area contributed by atoms with Gasteiger partial charge in [0.2, 0.25) is 0 Å². The molecule has 1 heteroatoms. The summed E-state index contributed by atoms with van der Waals surface area (Å²) in [5.41, 5.74) is 1.89. The molecule has 0 aromatic heterocycles. The fourth-order valence-corrected chi connectivity index (χ4v) is 4.32. The second kappa shape index (κ2) is 4.93. The minimum atomic E-state index is -0.379. The molecule has 1 nitrogen and oxygen atoms in total. The molecule has 25 heavy (non-hydrogen) atoms.